The summed E-state index contributed by atoms with van der Waals surface area (Å²) in [5.41, 5.74) is 0.841. The minimum atomic E-state index is -3.92. The van der Waals surface area contributed by atoms with E-state index in [0.29, 0.717) is 24.7 Å². The first-order chi connectivity index (χ1) is 13.5. The average molecular weight is 423 g/mol. The summed E-state index contributed by atoms with van der Waals surface area (Å²) in [6, 6.07) is 5.35. The molecule has 1 aliphatic rings. The molecule has 3 heterocycles. The van der Waals surface area contributed by atoms with Crippen LogP contribution < -0.4 is 4.74 Å². The van der Waals surface area contributed by atoms with Gasteiger partial charge < -0.3 is 9.15 Å². The van der Waals surface area contributed by atoms with Gasteiger partial charge in [0.25, 0.3) is 0 Å². The molecule has 148 valence electrons. The third-order valence-electron chi connectivity index (χ3n) is 4.69. The summed E-state index contributed by atoms with van der Waals surface area (Å²) in [5, 5.41) is 12.0. The molecule has 1 aromatic carbocycles. The number of ether oxygens (including phenoxy) is 1. The molecular formula is C18H18FN3O4S2. The zero-order valence-corrected chi connectivity index (χ0v) is 16.7. The molecule has 0 bridgehead atoms. The number of halogens is 1. The number of thiophene rings is 1. The lowest BCUT2D eigenvalue weighted by Gasteiger charge is -2.30. The van der Waals surface area contributed by atoms with Crippen LogP contribution in [0.25, 0.3) is 11.5 Å². The molecule has 4 rings (SSSR count). The van der Waals surface area contributed by atoms with Crippen LogP contribution in [0.4, 0.5) is 4.39 Å². The van der Waals surface area contributed by atoms with Crippen LogP contribution in [0.1, 0.15) is 24.7 Å². The van der Waals surface area contributed by atoms with Gasteiger partial charge in [0.1, 0.15) is 16.5 Å². The fraction of sp³-hybridized carbons (Fsp3) is 0.333. The van der Waals surface area contributed by atoms with Crippen molar-refractivity contribution in [1.29, 1.82) is 0 Å². The van der Waals surface area contributed by atoms with Gasteiger partial charge in [0.05, 0.1) is 13.0 Å². The highest BCUT2D eigenvalue weighted by atomic mass is 32.2. The Morgan fingerprint density at radius 2 is 2.18 bits per heavy atom. The standard InChI is InChI=1S/C18H18FN3O4S2/c1-25-15-5-4-14(19)9-16(15)28(23,24)22-7-2-3-12(10-22)17-20-21-18(26-17)13-6-8-27-11-13/h4-6,8-9,11-12H,2-3,7,10H2,1H3/t12-/m0/s1. The van der Waals surface area contributed by atoms with Gasteiger partial charge in [-0.25, -0.2) is 12.8 Å². The van der Waals surface area contributed by atoms with Crippen LogP contribution in [0.15, 0.2) is 44.3 Å². The number of hydrogen-bond donors (Lipinski definition) is 0. The molecule has 7 nitrogen and oxygen atoms in total. The summed E-state index contributed by atoms with van der Waals surface area (Å²) in [5.74, 6) is 0.0876. The fourth-order valence-corrected chi connectivity index (χ4v) is 5.58. The second-order valence-corrected chi connectivity index (χ2v) is 9.14. The topological polar surface area (TPSA) is 85.5 Å². The zero-order chi connectivity index (χ0) is 19.7. The lowest BCUT2D eigenvalue weighted by molar-refractivity contribution is 0.285. The Hall–Kier alpha value is -2.30. The predicted molar refractivity (Wildman–Crippen MR) is 101 cm³/mol. The van der Waals surface area contributed by atoms with E-state index < -0.39 is 15.8 Å². The molecule has 0 unspecified atom stereocenters. The number of piperidine rings is 1. The molecule has 1 fully saturated rings. The van der Waals surface area contributed by atoms with Gasteiger partial charge in [-0.05, 0) is 42.5 Å². The summed E-state index contributed by atoms with van der Waals surface area (Å²) in [6.45, 7) is 0.525. The van der Waals surface area contributed by atoms with Crippen molar-refractivity contribution < 1.29 is 22.0 Å². The smallest absolute Gasteiger partial charge is 0.248 e. The van der Waals surface area contributed by atoms with Crippen molar-refractivity contribution in [2.24, 2.45) is 0 Å². The van der Waals surface area contributed by atoms with Crippen molar-refractivity contribution in [1.82, 2.24) is 14.5 Å². The monoisotopic (exact) mass is 423 g/mol. The molecule has 0 aliphatic carbocycles. The number of benzene rings is 1. The lowest BCUT2D eigenvalue weighted by atomic mass is 10.00. The average Bonchev–Trinajstić information content (AvgIpc) is 3.40. The molecule has 28 heavy (non-hydrogen) atoms. The maximum absolute atomic E-state index is 13.7. The first kappa shape index (κ1) is 19.0. The Morgan fingerprint density at radius 3 is 2.93 bits per heavy atom. The molecule has 1 aliphatic heterocycles. The van der Waals surface area contributed by atoms with Crippen LogP contribution in [-0.4, -0.2) is 43.1 Å². The minimum Gasteiger partial charge on any atom is -0.495 e. The molecule has 0 radical (unpaired) electrons. The summed E-state index contributed by atoms with van der Waals surface area (Å²) in [6.07, 6.45) is 1.37. The molecule has 0 spiro atoms. The summed E-state index contributed by atoms with van der Waals surface area (Å²) >= 11 is 1.53. The minimum absolute atomic E-state index is 0.112. The van der Waals surface area contributed by atoms with E-state index in [4.69, 9.17) is 9.15 Å². The quantitative estimate of drug-likeness (QED) is 0.624. The third-order valence-corrected chi connectivity index (χ3v) is 7.26. The van der Waals surface area contributed by atoms with Crippen LogP contribution in [0, 0.1) is 5.82 Å². The van der Waals surface area contributed by atoms with Crippen LogP contribution in [0.5, 0.6) is 5.75 Å². The normalized spacial score (nSPS) is 18.3. The number of hydrogen-bond acceptors (Lipinski definition) is 7. The Kier molecular flexibility index (Phi) is 5.17. The SMILES string of the molecule is COc1ccc(F)cc1S(=O)(=O)N1CCC[C@H](c2nnc(-c3ccsc3)o2)C1. The van der Waals surface area contributed by atoms with E-state index in [-0.39, 0.29) is 23.1 Å². The number of methoxy groups -OCH3 is 1. The van der Waals surface area contributed by atoms with Crippen molar-refractivity contribution in [3.8, 4) is 17.2 Å². The molecule has 0 saturated carbocycles. The lowest BCUT2D eigenvalue weighted by Crippen LogP contribution is -2.39. The van der Waals surface area contributed by atoms with E-state index in [9.17, 15) is 12.8 Å². The van der Waals surface area contributed by atoms with E-state index in [0.717, 1.165) is 18.1 Å². The molecule has 10 heteroatoms. The van der Waals surface area contributed by atoms with Gasteiger partial charge in [-0.2, -0.15) is 15.6 Å². The molecule has 1 atom stereocenters. The van der Waals surface area contributed by atoms with Gasteiger partial charge in [0.15, 0.2) is 0 Å². The van der Waals surface area contributed by atoms with Gasteiger partial charge >= 0.3 is 0 Å². The maximum Gasteiger partial charge on any atom is 0.248 e. The highest BCUT2D eigenvalue weighted by molar-refractivity contribution is 7.89. The highest BCUT2D eigenvalue weighted by Gasteiger charge is 2.35. The highest BCUT2D eigenvalue weighted by Crippen LogP contribution is 2.34. The van der Waals surface area contributed by atoms with Gasteiger partial charge in [-0.15, -0.1) is 10.2 Å². The Morgan fingerprint density at radius 1 is 1.32 bits per heavy atom. The van der Waals surface area contributed by atoms with E-state index in [1.54, 1.807) is 0 Å². The Balaban J connectivity index is 1.59. The third kappa shape index (κ3) is 3.54. The van der Waals surface area contributed by atoms with Crippen molar-refractivity contribution in [2.75, 3.05) is 20.2 Å². The van der Waals surface area contributed by atoms with E-state index in [2.05, 4.69) is 10.2 Å². The second kappa shape index (κ2) is 7.61. The molecule has 2 aromatic heterocycles. The second-order valence-electron chi connectivity index (χ2n) is 6.45. The summed E-state index contributed by atoms with van der Waals surface area (Å²) in [7, 11) is -2.57. The van der Waals surface area contributed by atoms with Gasteiger partial charge in [-0.3, -0.25) is 0 Å². The van der Waals surface area contributed by atoms with Crippen molar-refractivity contribution >= 4 is 21.4 Å². The Bertz CT molecular complexity index is 1070. The molecule has 1 saturated heterocycles. The number of rotatable bonds is 5. The van der Waals surface area contributed by atoms with Crippen molar-refractivity contribution in [2.45, 2.75) is 23.7 Å². The zero-order valence-electron chi connectivity index (χ0n) is 15.0. The maximum atomic E-state index is 13.7. The van der Waals surface area contributed by atoms with Gasteiger partial charge in [-0.1, -0.05) is 0 Å². The van der Waals surface area contributed by atoms with Crippen LogP contribution in [0.2, 0.25) is 0 Å². The molecular weight excluding hydrogens is 405 g/mol. The van der Waals surface area contributed by atoms with Crippen molar-refractivity contribution in [3.05, 3.63) is 46.7 Å². The summed E-state index contributed by atoms with van der Waals surface area (Å²) < 4.78 is 52.1. The molecule has 0 N–H and O–H groups in total. The first-order valence-electron chi connectivity index (χ1n) is 8.68. The predicted octanol–water partition coefficient (Wildman–Crippen LogP) is 3.51. The number of nitrogens with zero attached hydrogens (tertiary/aromatic N) is 3. The fourth-order valence-electron chi connectivity index (χ4n) is 3.26. The van der Waals surface area contributed by atoms with Crippen LogP contribution in [0.3, 0.4) is 0 Å². The van der Waals surface area contributed by atoms with Gasteiger partial charge in [0.2, 0.25) is 21.8 Å². The number of sulfonamides is 1. The number of aromatic nitrogens is 2. The molecule has 3 aromatic rings. The Labute approximate surface area is 165 Å². The van der Waals surface area contributed by atoms with Crippen molar-refractivity contribution in [3.63, 3.8) is 0 Å². The van der Waals surface area contributed by atoms with Gasteiger partial charge in [0, 0.05) is 24.0 Å². The van der Waals surface area contributed by atoms with E-state index in [1.807, 2.05) is 16.8 Å². The molecule has 0 amide bonds. The summed E-state index contributed by atoms with van der Waals surface area (Å²) in [4.78, 5) is -0.180. The first-order valence-corrected chi connectivity index (χ1v) is 11.1. The van der Waals surface area contributed by atoms with Crippen LogP contribution in [-0.2, 0) is 10.0 Å². The van der Waals surface area contributed by atoms with E-state index >= 15 is 0 Å². The largest absolute Gasteiger partial charge is 0.495 e. The van der Waals surface area contributed by atoms with E-state index in [1.165, 1.54) is 34.9 Å². The van der Waals surface area contributed by atoms with Crippen LogP contribution >= 0.6 is 11.3 Å².